The number of esters is 1. The molecular weight excluding hydrogens is 286 g/mol. The molecule has 2 nitrogen and oxygen atoms in total. The van der Waals surface area contributed by atoms with E-state index in [1.807, 2.05) is 44.2 Å². The molecule has 3 heteroatoms. The first-order chi connectivity index (χ1) is 6.33. The van der Waals surface area contributed by atoms with E-state index in [1.54, 1.807) is 0 Å². The van der Waals surface area contributed by atoms with E-state index in [4.69, 9.17) is 0 Å². The average Bonchev–Trinajstić information content (AvgIpc) is 2.22. The van der Waals surface area contributed by atoms with Crippen LogP contribution in [0.3, 0.4) is 0 Å². The molecule has 0 atom stereocenters. The van der Waals surface area contributed by atoms with E-state index in [-0.39, 0.29) is 86.4 Å². The Kier molecular flexibility index (Phi) is 39.0. The van der Waals surface area contributed by atoms with Crippen LogP contribution in [-0.2, 0) is 16.0 Å². The van der Waals surface area contributed by atoms with Gasteiger partial charge in [-0.2, -0.15) is 0 Å². The van der Waals surface area contributed by atoms with Crippen LogP contribution in [0.25, 0.3) is 0 Å². The number of hydrogen-bond acceptors (Lipinski definition) is 2. The Morgan fingerprint density at radius 1 is 1.12 bits per heavy atom. The molecule has 0 heterocycles. The summed E-state index contributed by atoms with van der Waals surface area (Å²) in [5.41, 5.74) is 0.986. The van der Waals surface area contributed by atoms with E-state index >= 15 is 0 Å². The Hall–Kier alpha value is 0.495. The van der Waals surface area contributed by atoms with E-state index in [9.17, 15) is 4.79 Å². The third kappa shape index (κ3) is 16.5. The van der Waals surface area contributed by atoms with Crippen molar-refractivity contribution in [2.45, 2.75) is 35.1 Å². The predicted molar refractivity (Wildman–Crippen MR) is 73.4 cm³/mol. The van der Waals surface area contributed by atoms with Crippen LogP contribution in [0.2, 0.25) is 0 Å². The van der Waals surface area contributed by atoms with Gasteiger partial charge in [0.2, 0.25) is 0 Å². The summed E-state index contributed by atoms with van der Waals surface area (Å²) >= 11 is 0. The first-order valence-electron chi connectivity index (χ1n) is 4.43. The van der Waals surface area contributed by atoms with Crippen LogP contribution in [0.1, 0.15) is 34.3 Å². The minimum Gasteiger partial charge on any atom is -0.469 e. The number of carbonyl (C=O) groups is 1. The molecule has 0 aliphatic carbocycles. The zero-order valence-corrected chi connectivity index (χ0v) is 15.3. The third-order valence-electron chi connectivity index (χ3n) is 1.42. The quantitative estimate of drug-likeness (QED) is 0.605. The molecule has 0 amide bonds. The number of carbonyl (C=O) groups excluding carboxylic acids is 1. The van der Waals surface area contributed by atoms with Gasteiger partial charge in [0.25, 0.3) is 0 Å². The van der Waals surface area contributed by atoms with Gasteiger partial charge < -0.3 is 12.2 Å². The maximum Gasteiger partial charge on any atom is 1.00 e. The minimum atomic E-state index is -0.198. The monoisotopic (exact) mass is 312 g/mol. The zero-order valence-electron chi connectivity index (χ0n) is 10.4. The van der Waals surface area contributed by atoms with Crippen molar-refractivity contribution in [3.63, 3.8) is 0 Å². The van der Waals surface area contributed by atoms with E-state index in [0.29, 0.717) is 6.42 Å². The second kappa shape index (κ2) is 21.7. The summed E-state index contributed by atoms with van der Waals surface area (Å²) in [6, 6.07) is 9.52. The molecule has 1 aromatic carbocycles. The fraction of sp³-hybridized carbons (Fsp3) is 0.429. The third-order valence-corrected chi connectivity index (χ3v) is 1.42. The number of methoxy groups -OCH3 is 1. The second-order valence-corrected chi connectivity index (χ2v) is 2.24. The normalized spacial score (nSPS) is 6.29. The standard InChI is InChI=1S/C9H10O2.C2H6.2CH4.CH3.Rb/c1-11-9(10)7-8-5-3-2-4-6-8;1-2;;;;/h2-6H,7H2,1H3;1-2H3;2*1H4;1H3;/q;;;;-1;+1. The van der Waals surface area contributed by atoms with Crippen LogP contribution in [0.4, 0.5) is 0 Å². The number of hydrogen-bond donors (Lipinski definition) is 0. The summed E-state index contributed by atoms with van der Waals surface area (Å²) in [6.07, 6.45) is 0.358. The Morgan fingerprint density at radius 2 is 1.53 bits per heavy atom. The van der Waals surface area contributed by atoms with Gasteiger partial charge in [-0.05, 0) is 5.56 Å². The van der Waals surface area contributed by atoms with Crippen molar-refractivity contribution in [2.75, 3.05) is 7.11 Å². The van der Waals surface area contributed by atoms with Crippen molar-refractivity contribution >= 4 is 5.97 Å². The molecule has 0 aromatic heterocycles. The summed E-state index contributed by atoms with van der Waals surface area (Å²) in [6.45, 7) is 4.00. The molecule has 0 saturated heterocycles. The molecule has 1 aromatic rings. The molecule has 17 heavy (non-hydrogen) atoms. The second-order valence-electron chi connectivity index (χ2n) is 2.24. The van der Waals surface area contributed by atoms with Gasteiger partial charge in [-0.15, -0.1) is 0 Å². The van der Waals surface area contributed by atoms with E-state index in [0.717, 1.165) is 5.56 Å². The Bertz CT molecular complexity index is 235. The van der Waals surface area contributed by atoms with Crippen LogP contribution in [0, 0.1) is 7.43 Å². The summed E-state index contributed by atoms with van der Waals surface area (Å²) in [4.78, 5) is 10.8. The van der Waals surface area contributed by atoms with Crippen molar-refractivity contribution in [2.24, 2.45) is 0 Å². The van der Waals surface area contributed by atoms with Crippen LogP contribution in [0.15, 0.2) is 30.3 Å². The van der Waals surface area contributed by atoms with Crippen LogP contribution in [-0.4, -0.2) is 13.1 Å². The fourth-order valence-corrected chi connectivity index (χ4v) is 0.835. The van der Waals surface area contributed by atoms with Crippen LogP contribution in [0.5, 0.6) is 0 Å². The molecule has 96 valence electrons. The number of ether oxygens (including phenoxy) is 1. The summed E-state index contributed by atoms with van der Waals surface area (Å²) in [7, 11) is 1.39. The molecule has 0 unspecified atom stereocenters. The Labute approximate surface area is 157 Å². The summed E-state index contributed by atoms with van der Waals surface area (Å²) < 4.78 is 4.52. The van der Waals surface area contributed by atoms with Crippen molar-refractivity contribution in [3.8, 4) is 0 Å². The zero-order chi connectivity index (χ0) is 10.1. The molecule has 0 spiro atoms. The van der Waals surface area contributed by atoms with Crippen molar-refractivity contribution < 1.29 is 67.7 Å². The maximum absolute atomic E-state index is 10.8. The largest absolute Gasteiger partial charge is 1.00 e. The van der Waals surface area contributed by atoms with Crippen molar-refractivity contribution in [3.05, 3.63) is 43.3 Å². The topological polar surface area (TPSA) is 26.3 Å². The van der Waals surface area contributed by atoms with Crippen molar-refractivity contribution in [1.29, 1.82) is 0 Å². The van der Waals surface area contributed by atoms with Gasteiger partial charge in [0, 0.05) is 0 Å². The molecule has 0 radical (unpaired) electrons. The van der Waals surface area contributed by atoms with Gasteiger partial charge in [-0.3, -0.25) is 4.79 Å². The van der Waals surface area contributed by atoms with E-state index in [1.165, 1.54) is 7.11 Å². The van der Waals surface area contributed by atoms with Gasteiger partial charge in [-0.1, -0.05) is 59.0 Å². The van der Waals surface area contributed by atoms with Gasteiger partial charge >= 0.3 is 64.2 Å². The Balaban J connectivity index is -0.0000000760. The van der Waals surface area contributed by atoms with Crippen LogP contribution < -0.4 is 58.2 Å². The fourth-order valence-electron chi connectivity index (χ4n) is 0.835. The van der Waals surface area contributed by atoms with Crippen molar-refractivity contribution in [1.82, 2.24) is 0 Å². The van der Waals surface area contributed by atoms with Crippen LogP contribution >= 0.6 is 0 Å². The average molecular weight is 313 g/mol. The summed E-state index contributed by atoms with van der Waals surface area (Å²) in [5, 5.41) is 0. The van der Waals surface area contributed by atoms with Gasteiger partial charge in [0.1, 0.15) is 0 Å². The van der Waals surface area contributed by atoms with Gasteiger partial charge in [-0.25, -0.2) is 0 Å². The van der Waals surface area contributed by atoms with Gasteiger partial charge in [0.15, 0.2) is 0 Å². The number of benzene rings is 1. The first-order valence-corrected chi connectivity index (χ1v) is 4.43. The molecule has 0 aliphatic rings. The maximum atomic E-state index is 10.8. The minimum absolute atomic E-state index is 0. The molecule has 0 N–H and O–H groups in total. The molecule has 0 fully saturated rings. The Morgan fingerprint density at radius 3 is 1.88 bits per heavy atom. The molecule has 0 saturated carbocycles. The number of rotatable bonds is 2. The predicted octanol–water partition coefficient (Wildman–Crippen LogP) is 1.15. The van der Waals surface area contributed by atoms with E-state index < -0.39 is 0 Å². The first kappa shape index (κ1) is 30.5. The van der Waals surface area contributed by atoms with Gasteiger partial charge in [0.05, 0.1) is 13.5 Å². The smallest absolute Gasteiger partial charge is 0.469 e. The molecule has 0 bridgehead atoms. The van der Waals surface area contributed by atoms with E-state index in [2.05, 4.69) is 4.74 Å². The molecular formula is C14H27O2Rb. The SMILES string of the molecule is C.C.CC.COC(=O)Cc1ccccc1.[CH3-].[Rb+]. The summed E-state index contributed by atoms with van der Waals surface area (Å²) in [5.74, 6) is -0.198. The molecule has 1 rings (SSSR count). The molecule has 0 aliphatic heterocycles.